The summed E-state index contributed by atoms with van der Waals surface area (Å²) in [6.07, 6.45) is 3.67. The fraction of sp³-hybridized carbons (Fsp3) is 0.900. The molecule has 3 nitrogen and oxygen atoms in total. The number of nitrogens with one attached hydrogen (secondary N) is 1. The van der Waals surface area contributed by atoms with Crippen LogP contribution in [-0.4, -0.2) is 24.2 Å². The minimum absolute atomic E-state index is 0.123. The average Bonchev–Trinajstić information content (AvgIpc) is 2.16. The number of hydrogen-bond acceptors (Lipinski definition) is 2. The first kappa shape index (κ1) is 12.4. The molecule has 1 amide bonds. The predicted molar refractivity (Wildman–Crippen MR) is 53.4 cm³/mol. The summed E-state index contributed by atoms with van der Waals surface area (Å²) in [7, 11) is 0. The molecule has 0 bridgehead atoms. The SMILES string of the molecule is CCC(C)C(=O)NCCCCCO. The molecule has 0 aromatic rings. The van der Waals surface area contributed by atoms with Gasteiger partial charge in [-0.25, -0.2) is 0 Å². The van der Waals surface area contributed by atoms with E-state index in [2.05, 4.69) is 5.32 Å². The number of amides is 1. The Hall–Kier alpha value is -0.570. The van der Waals surface area contributed by atoms with E-state index in [1.807, 2.05) is 13.8 Å². The van der Waals surface area contributed by atoms with Gasteiger partial charge < -0.3 is 10.4 Å². The molecule has 0 aliphatic heterocycles. The summed E-state index contributed by atoms with van der Waals surface area (Å²) in [5.41, 5.74) is 0. The number of rotatable bonds is 7. The van der Waals surface area contributed by atoms with Crippen molar-refractivity contribution in [3.05, 3.63) is 0 Å². The second-order valence-corrected chi connectivity index (χ2v) is 3.38. The van der Waals surface area contributed by atoms with Crippen LogP contribution in [0.4, 0.5) is 0 Å². The highest BCUT2D eigenvalue weighted by molar-refractivity contribution is 5.78. The summed E-state index contributed by atoms with van der Waals surface area (Å²) < 4.78 is 0. The van der Waals surface area contributed by atoms with Gasteiger partial charge in [-0.3, -0.25) is 4.79 Å². The van der Waals surface area contributed by atoms with Gasteiger partial charge in [0.2, 0.25) is 5.91 Å². The van der Waals surface area contributed by atoms with Crippen molar-refractivity contribution in [1.29, 1.82) is 0 Å². The molecule has 0 radical (unpaired) electrons. The molecule has 0 heterocycles. The summed E-state index contributed by atoms with van der Waals surface area (Å²) in [4.78, 5) is 11.2. The molecule has 3 heteroatoms. The van der Waals surface area contributed by atoms with Crippen molar-refractivity contribution in [3.8, 4) is 0 Å². The molecule has 0 saturated carbocycles. The predicted octanol–water partition coefficient (Wildman–Crippen LogP) is 1.31. The highest BCUT2D eigenvalue weighted by atomic mass is 16.2. The van der Waals surface area contributed by atoms with Crippen LogP contribution < -0.4 is 5.32 Å². The third-order valence-electron chi connectivity index (χ3n) is 2.19. The number of hydrogen-bond donors (Lipinski definition) is 2. The van der Waals surface area contributed by atoms with E-state index in [-0.39, 0.29) is 18.4 Å². The van der Waals surface area contributed by atoms with Crippen molar-refractivity contribution in [2.45, 2.75) is 39.5 Å². The van der Waals surface area contributed by atoms with E-state index in [4.69, 9.17) is 5.11 Å². The standard InChI is InChI=1S/C10H21NO2/c1-3-9(2)10(13)11-7-5-4-6-8-12/h9,12H,3-8H2,1-2H3,(H,11,13). The normalized spacial score (nSPS) is 12.5. The summed E-state index contributed by atoms with van der Waals surface area (Å²) in [5.74, 6) is 0.268. The van der Waals surface area contributed by atoms with Crippen LogP contribution in [0.25, 0.3) is 0 Å². The molecule has 0 aliphatic carbocycles. The van der Waals surface area contributed by atoms with Crippen molar-refractivity contribution >= 4 is 5.91 Å². The Labute approximate surface area is 80.5 Å². The van der Waals surface area contributed by atoms with E-state index in [1.54, 1.807) is 0 Å². The van der Waals surface area contributed by atoms with Gasteiger partial charge in [-0.2, -0.15) is 0 Å². The van der Waals surface area contributed by atoms with Crippen LogP contribution in [0.3, 0.4) is 0 Å². The number of carbonyl (C=O) groups excluding carboxylic acids is 1. The van der Waals surface area contributed by atoms with E-state index in [1.165, 1.54) is 0 Å². The van der Waals surface area contributed by atoms with Crippen molar-refractivity contribution in [1.82, 2.24) is 5.32 Å². The zero-order valence-electron chi connectivity index (χ0n) is 8.68. The molecule has 13 heavy (non-hydrogen) atoms. The maximum Gasteiger partial charge on any atom is 0.222 e. The van der Waals surface area contributed by atoms with Gasteiger partial charge in [0.25, 0.3) is 0 Å². The maximum absolute atomic E-state index is 11.2. The molecule has 1 atom stereocenters. The van der Waals surface area contributed by atoms with Crippen molar-refractivity contribution in [3.63, 3.8) is 0 Å². The van der Waals surface area contributed by atoms with Crippen molar-refractivity contribution < 1.29 is 9.90 Å². The van der Waals surface area contributed by atoms with Crippen LogP contribution in [-0.2, 0) is 4.79 Å². The first-order valence-corrected chi connectivity index (χ1v) is 5.11. The van der Waals surface area contributed by atoms with Gasteiger partial charge in [0.15, 0.2) is 0 Å². The quantitative estimate of drug-likeness (QED) is 0.590. The number of aliphatic hydroxyl groups excluding tert-OH is 1. The number of unbranched alkanes of at least 4 members (excludes halogenated alkanes) is 2. The minimum Gasteiger partial charge on any atom is -0.396 e. The molecule has 0 fully saturated rings. The highest BCUT2D eigenvalue weighted by Gasteiger charge is 2.08. The molecule has 0 saturated heterocycles. The topological polar surface area (TPSA) is 49.3 Å². The lowest BCUT2D eigenvalue weighted by molar-refractivity contribution is -0.124. The van der Waals surface area contributed by atoms with E-state index in [0.717, 1.165) is 32.2 Å². The Balaban J connectivity index is 3.27. The van der Waals surface area contributed by atoms with Gasteiger partial charge in [-0.1, -0.05) is 13.8 Å². The van der Waals surface area contributed by atoms with Gasteiger partial charge in [-0.05, 0) is 25.7 Å². The Morgan fingerprint density at radius 2 is 2.08 bits per heavy atom. The molecule has 78 valence electrons. The maximum atomic E-state index is 11.2. The Morgan fingerprint density at radius 3 is 2.62 bits per heavy atom. The Kier molecular flexibility index (Phi) is 7.69. The fourth-order valence-electron chi connectivity index (χ4n) is 0.985. The first-order valence-electron chi connectivity index (χ1n) is 5.11. The van der Waals surface area contributed by atoms with Crippen molar-refractivity contribution in [2.75, 3.05) is 13.2 Å². The van der Waals surface area contributed by atoms with Gasteiger partial charge in [0.1, 0.15) is 0 Å². The van der Waals surface area contributed by atoms with Crippen LogP contribution in [0.15, 0.2) is 0 Å². The lowest BCUT2D eigenvalue weighted by Gasteiger charge is -2.09. The minimum atomic E-state index is 0.123. The summed E-state index contributed by atoms with van der Waals surface area (Å²) in [6, 6.07) is 0. The zero-order valence-corrected chi connectivity index (χ0v) is 8.68. The molecular weight excluding hydrogens is 166 g/mol. The fourth-order valence-corrected chi connectivity index (χ4v) is 0.985. The largest absolute Gasteiger partial charge is 0.396 e. The van der Waals surface area contributed by atoms with E-state index in [9.17, 15) is 4.79 Å². The smallest absolute Gasteiger partial charge is 0.222 e. The van der Waals surface area contributed by atoms with Crippen LogP contribution in [0.1, 0.15) is 39.5 Å². The monoisotopic (exact) mass is 187 g/mol. The van der Waals surface area contributed by atoms with Crippen LogP contribution in [0.5, 0.6) is 0 Å². The highest BCUT2D eigenvalue weighted by Crippen LogP contribution is 2.00. The van der Waals surface area contributed by atoms with Gasteiger partial charge >= 0.3 is 0 Å². The van der Waals surface area contributed by atoms with E-state index < -0.39 is 0 Å². The average molecular weight is 187 g/mol. The second-order valence-electron chi connectivity index (χ2n) is 3.38. The third kappa shape index (κ3) is 6.58. The first-order chi connectivity index (χ1) is 6.22. The molecule has 0 rings (SSSR count). The molecule has 2 N–H and O–H groups in total. The third-order valence-corrected chi connectivity index (χ3v) is 2.19. The number of aliphatic hydroxyl groups is 1. The molecule has 1 unspecified atom stereocenters. The molecular formula is C10H21NO2. The molecule has 0 aliphatic rings. The van der Waals surface area contributed by atoms with Crippen LogP contribution in [0.2, 0.25) is 0 Å². The Morgan fingerprint density at radius 1 is 1.38 bits per heavy atom. The van der Waals surface area contributed by atoms with Gasteiger partial charge in [-0.15, -0.1) is 0 Å². The lowest BCUT2D eigenvalue weighted by atomic mass is 10.1. The summed E-state index contributed by atoms with van der Waals surface area (Å²) in [5, 5.41) is 11.4. The summed E-state index contributed by atoms with van der Waals surface area (Å²) >= 11 is 0. The lowest BCUT2D eigenvalue weighted by Crippen LogP contribution is -2.29. The molecule has 0 spiro atoms. The molecule has 0 aromatic carbocycles. The zero-order chi connectivity index (χ0) is 10.1. The van der Waals surface area contributed by atoms with Gasteiger partial charge in [0, 0.05) is 19.1 Å². The van der Waals surface area contributed by atoms with Crippen LogP contribution >= 0.6 is 0 Å². The summed E-state index contributed by atoms with van der Waals surface area (Å²) in [6.45, 7) is 4.93. The van der Waals surface area contributed by atoms with E-state index >= 15 is 0 Å². The van der Waals surface area contributed by atoms with Gasteiger partial charge in [0.05, 0.1) is 0 Å². The van der Waals surface area contributed by atoms with Crippen LogP contribution in [0, 0.1) is 5.92 Å². The Bertz CT molecular complexity index is 137. The molecule has 0 aromatic heterocycles. The van der Waals surface area contributed by atoms with Crippen molar-refractivity contribution in [2.24, 2.45) is 5.92 Å². The number of carbonyl (C=O) groups is 1. The van der Waals surface area contributed by atoms with E-state index in [0.29, 0.717) is 0 Å². The second kappa shape index (κ2) is 8.05.